The zero-order valence-electron chi connectivity index (χ0n) is 15.5. The number of nitriles is 1. The number of carboxylic acid groups (broad SMARTS) is 1. The summed E-state index contributed by atoms with van der Waals surface area (Å²) in [6, 6.07) is 5.66. The van der Waals surface area contributed by atoms with Crippen LogP contribution < -0.4 is 5.73 Å². The van der Waals surface area contributed by atoms with Gasteiger partial charge in [0, 0.05) is 16.8 Å². The average molecular weight is 365 g/mol. The van der Waals surface area contributed by atoms with Crippen LogP contribution in [0.2, 0.25) is 0 Å². The highest BCUT2D eigenvalue weighted by atomic mass is 16.4. The van der Waals surface area contributed by atoms with E-state index in [1.807, 2.05) is 19.9 Å². The number of furan rings is 1. The van der Waals surface area contributed by atoms with Gasteiger partial charge in [-0.1, -0.05) is 0 Å². The number of carbonyl (C=O) groups is 1. The number of aryl methyl sites for hydroxylation is 3. The van der Waals surface area contributed by atoms with Gasteiger partial charge in [-0.15, -0.1) is 0 Å². The average Bonchev–Trinajstić information content (AvgIpc) is 3.05. The van der Waals surface area contributed by atoms with Crippen LogP contribution in [0.1, 0.15) is 28.3 Å². The van der Waals surface area contributed by atoms with Crippen LogP contribution in [0.3, 0.4) is 0 Å². The fourth-order valence-electron chi connectivity index (χ4n) is 3.06. The van der Waals surface area contributed by atoms with Crippen molar-refractivity contribution in [2.24, 2.45) is 0 Å². The third-order valence-electron chi connectivity index (χ3n) is 4.51. The second-order valence-electron chi connectivity index (χ2n) is 6.37. The van der Waals surface area contributed by atoms with Gasteiger partial charge in [-0.25, -0.2) is 4.98 Å². The van der Waals surface area contributed by atoms with E-state index in [1.54, 1.807) is 19.9 Å². The Morgan fingerprint density at radius 2 is 2.04 bits per heavy atom. The molecule has 0 amide bonds. The lowest BCUT2D eigenvalue weighted by molar-refractivity contribution is -0.137. The van der Waals surface area contributed by atoms with Gasteiger partial charge in [0.25, 0.3) is 0 Å². The quantitative estimate of drug-likeness (QED) is 0.726. The topological polar surface area (TPSA) is 131 Å². The Morgan fingerprint density at radius 1 is 1.33 bits per heavy atom. The first kappa shape index (κ1) is 18.2. The minimum atomic E-state index is -0.985. The Kier molecular flexibility index (Phi) is 4.45. The van der Waals surface area contributed by atoms with Crippen molar-refractivity contribution < 1.29 is 14.3 Å². The lowest BCUT2D eigenvalue weighted by atomic mass is 10.0. The molecule has 0 unspecified atom stereocenters. The molecule has 27 heavy (non-hydrogen) atoms. The summed E-state index contributed by atoms with van der Waals surface area (Å²) >= 11 is 0. The van der Waals surface area contributed by atoms with Crippen LogP contribution >= 0.6 is 0 Å². The monoisotopic (exact) mass is 365 g/mol. The number of nitrogens with zero attached hydrogens (tertiary/aromatic N) is 4. The highest BCUT2D eigenvalue weighted by molar-refractivity contribution is 5.79. The summed E-state index contributed by atoms with van der Waals surface area (Å²) in [5.74, 6) is 0.390. The third-order valence-corrected chi connectivity index (χ3v) is 4.51. The van der Waals surface area contributed by atoms with Crippen LogP contribution in [0.4, 0.5) is 5.82 Å². The molecule has 8 heteroatoms. The molecule has 0 saturated heterocycles. The number of aliphatic carboxylic acids is 1. The molecule has 0 radical (unpaired) electrons. The summed E-state index contributed by atoms with van der Waals surface area (Å²) in [6.07, 6.45) is 0. The van der Waals surface area contributed by atoms with E-state index in [4.69, 9.17) is 15.3 Å². The fraction of sp³-hybridized carbons (Fsp3) is 0.263. The normalized spacial score (nSPS) is 10.8. The molecule has 3 aromatic heterocycles. The first-order chi connectivity index (χ1) is 12.7. The number of nitrogens with two attached hydrogens (primary N) is 1. The number of hydrogen-bond donors (Lipinski definition) is 2. The molecule has 3 heterocycles. The molecule has 0 spiro atoms. The number of hydrogen-bond acceptors (Lipinski definition) is 6. The van der Waals surface area contributed by atoms with E-state index < -0.39 is 5.97 Å². The number of aromatic nitrogens is 3. The molecule has 0 fully saturated rings. The van der Waals surface area contributed by atoms with Crippen molar-refractivity contribution in [3.63, 3.8) is 0 Å². The zero-order chi connectivity index (χ0) is 19.9. The number of anilines is 1. The van der Waals surface area contributed by atoms with Gasteiger partial charge in [0.05, 0.1) is 11.4 Å². The predicted octanol–water partition coefficient (Wildman–Crippen LogP) is 2.98. The van der Waals surface area contributed by atoms with Gasteiger partial charge < -0.3 is 15.3 Å². The second-order valence-corrected chi connectivity index (χ2v) is 6.37. The first-order valence-electron chi connectivity index (χ1n) is 8.27. The largest absolute Gasteiger partial charge is 0.480 e. The highest BCUT2D eigenvalue weighted by Gasteiger charge is 2.21. The molecule has 0 bridgehead atoms. The maximum Gasteiger partial charge on any atom is 0.325 e. The molecule has 3 N–H and O–H groups in total. The summed E-state index contributed by atoms with van der Waals surface area (Å²) in [4.78, 5) is 15.4. The Morgan fingerprint density at radius 3 is 2.59 bits per heavy atom. The summed E-state index contributed by atoms with van der Waals surface area (Å²) in [5.41, 5.74) is 10.3. The minimum Gasteiger partial charge on any atom is -0.480 e. The van der Waals surface area contributed by atoms with Gasteiger partial charge in [0.15, 0.2) is 0 Å². The van der Waals surface area contributed by atoms with Crippen LogP contribution in [-0.2, 0) is 11.3 Å². The smallest absolute Gasteiger partial charge is 0.325 e. The van der Waals surface area contributed by atoms with Gasteiger partial charge >= 0.3 is 5.97 Å². The van der Waals surface area contributed by atoms with Gasteiger partial charge in [-0.05, 0) is 45.4 Å². The Hall–Kier alpha value is -3.60. The number of rotatable bonds is 4. The molecule has 3 rings (SSSR count). The van der Waals surface area contributed by atoms with E-state index in [2.05, 4.69) is 16.2 Å². The van der Waals surface area contributed by atoms with Gasteiger partial charge in [-0.2, -0.15) is 10.4 Å². The maximum absolute atomic E-state index is 11.0. The predicted molar refractivity (Wildman–Crippen MR) is 98.9 cm³/mol. The number of nitrogen functional groups attached to an aromatic ring is 1. The second kappa shape index (κ2) is 6.61. The van der Waals surface area contributed by atoms with Crippen molar-refractivity contribution in [1.29, 1.82) is 5.26 Å². The van der Waals surface area contributed by atoms with Crippen LogP contribution in [-0.4, -0.2) is 25.8 Å². The summed E-state index contributed by atoms with van der Waals surface area (Å²) < 4.78 is 7.18. The molecule has 3 aromatic rings. The van der Waals surface area contributed by atoms with Crippen LogP contribution in [0.15, 0.2) is 16.5 Å². The van der Waals surface area contributed by atoms with Gasteiger partial charge in [0.1, 0.15) is 35.5 Å². The Balaban J connectivity index is 2.23. The van der Waals surface area contributed by atoms with Crippen molar-refractivity contribution in [3.05, 3.63) is 40.4 Å². The van der Waals surface area contributed by atoms with E-state index >= 15 is 0 Å². The lowest BCUT2D eigenvalue weighted by Crippen LogP contribution is -2.11. The molecule has 138 valence electrons. The van der Waals surface area contributed by atoms with Gasteiger partial charge in [-0.3, -0.25) is 9.48 Å². The molecular formula is C19H19N5O3. The van der Waals surface area contributed by atoms with Crippen molar-refractivity contribution in [2.75, 3.05) is 5.73 Å². The number of pyridine rings is 1. The first-order valence-corrected chi connectivity index (χ1v) is 8.27. The fourth-order valence-corrected chi connectivity index (χ4v) is 3.06. The minimum absolute atomic E-state index is 0.0847. The number of carboxylic acids is 1. The Bertz CT molecular complexity index is 1080. The van der Waals surface area contributed by atoms with E-state index in [1.165, 1.54) is 4.68 Å². The Labute approximate surface area is 155 Å². The van der Waals surface area contributed by atoms with Crippen LogP contribution in [0.25, 0.3) is 22.6 Å². The van der Waals surface area contributed by atoms with Crippen molar-refractivity contribution in [2.45, 2.75) is 34.2 Å². The molecular weight excluding hydrogens is 346 g/mol. The molecule has 0 saturated carbocycles. The van der Waals surface area contributed by atoms with Crippen molar-refractivity contribution in [3.8, 4) is 28.7 Å². The standard InChI is InChI=1S/C19H19N5O3/c1-9-5-16(27-12(9)4)13-6-15(22-19(21)14(13)7-20)18-10(2)23-24(11(18)3)8-17(25)26/h5-6H,8H2,1-4H3,(H2,21,22)(H,25,26). The van der Waals surface area contributed by atoms with E-state index in [0.29, 0.717) is 34.0 Å². The molecule has 0 aliphatic heterocycles. The highest BCUT2D eigenvalue weighted by Crippen LogP contribution is 2.35. The third kappa shape index (κ3) is 3.15. The molecule has 0 atom stereocenters. The van der Waals surface area contributed by atoms with Crippen molar-refractivity contribution >= 4 is 11.8 Å². The summed E-state index contributed by atoms with van der Waals surface area (Å²) in [6.45, 7) is 7.07. The van der Waals surface area contributed by atoms with E-state index in [-0.39, 0.29) is 17.9 Å². The van der Waals surface area contributed by atoms with Crippen LogP contribution in [0, 0.1) is 39.0 Å². The maximum atomic E-state index is 11.0. The molecule has 8 nitrogen and oxygen atoms in total. The van der Waals surface area contributed by atoms with E-state index in [0.717, 1.165) is 11.3 Å². The SMILES string of the molecule is Cc1cc(-c2cc(-c3c(C)nn(CC(=O)O)c3C)nc(N)c2C#N)oc1C. The van der Waals surface area contributed by atoms with Crippen LogP contribution in [0.5, 0.6) is 0 Å². The van der Waals surface area contributed by atoms with Gasteiger partial charge in [0.2, 0.25) is 0 Å². The van der Waals surface area contributed by atoms with Crippen molar-refractivity contribution in [1.82, 2.24) is 14.8 Å². The summed E-state index contributed by atoms with van der Waals surface area (Å²) in [5, 5.41) is 22.9. The molecule has 0 aromatic carbocycles. The zero-order valence-corrected chi connectivity index (χ0v) is 15.5. The van der Waals surface area contributed by atoms with E-state index in [9.17, 15) is 10.1 Å². The molecule has 0 aliphatic rings. The molecule has 0 aliphatic carbocycles. The summed E-state index contributed by atoms with van der Waals surface area (Å²) in [7, 11) is 0. The lowest BCUT2D eigenvalue weighted by Gasteiger charge is -2.09.